The molecule has 23 heavy (non-hydrogen) atoms. The highest BCUT2D eigenvalue weighted by molar-refractivity contribution is 9.10. The maximum Gasteiger partial charge on any atom is 0.276 e. The highest BCUT2D eigenvalue weighted by Crippen LogP contribution is 2.22. The average molecular weight is 378 g/mol. The third kappa shape index (κ3) is 3.16. The number of likely N-dealkylation sites (N-methyl/N-ethyl adjacent to an activating group) is 1. The maximum atomic E-state index is 12.8. The van der Waals surface area contributed by atoms with Crippen molar-refractivity contribution in [1.82, 2.24) is 25.2 Å². The fraction of sp³-hybridized carbons (Fsp3) is 0.438. The Hall–Kier alpha value is -1.73. The van der Waals surface area contributed by atoms with Crippen molar-refractivity contribution >= 4 is 21.8 Å². The topological polar surface area (TPSA) is 63.1 Å². The van der Waals surface area contributed by atoms with Gasteiger partial charge in [-0.2, -0.15) is 0 Å². The molecule has 122 valence electrons. The number of aromatic nitrogens is 3. The molecule has 1 fully saturated rings. The molecule has 2 aromatic rings. The van der Waals surface area contributed by atoms with E-state index < -0.39 is 0 Å². The van der Waals surface area contributed by atoms with E-state index in [9.17, 15) is 4.79 Å². The fourth-order valence-electron chi connectivity index (χ4n) is 3.07. The molecule has 6 nitrogen and oxygen atoms in total. The van der Waals surface area contributed by atoms with Gasteiger partial charge in [-0.05, 0) is 45.0 Å². The third-order valence-electron chi connectivity index (χ3n) is 4.23. The number of carbonyl (C=O) groups is 1. The van der Waals surface area contributed by atoms with Gasteiger partial charge in [-0.3, -0.25) is 4.79 Å². The van der Waals surface area contributed by atoms with Gasteiger partial charge in [-0.15, -0.1) is 5.10 Å². The summed E-state index contributed by atoms with van der Waals surface area (Å²) in [7, 11) is 1.91. The number of nitrogens with one attached hydrogen (secondary N) is 1. The lowest BCUT2D eigenvalue weighted by Crippen LogP contribution is -2.41. The van der Waals surface area contributed by atoms with Crippen molar-refractivity contribution in [2.45, 2.75) is 25.8 Å². The molecule has 1 saturated heterocycles. The zero-order chi connectivity index (χ0) is 16.4. The summed E-state index contributed by atoms with van der Waals surface area (Å²) in [5.74, 6) is -0.0264. The van der Waals surface area contributed by atoms with E-state index in [4.69, 9.17) is 0 Å². The van der Waals surface area contributed by atoms with Gasteiger partial charge in [-0.1, -0.05) is 27.2 Å². The van der Waals surface area contributed by atoms with E-state index in [1.54, 1.807) is 4.68 Å². The van der Waals surface area contributed by atoms with E-state index in [-0.39, 0.29) is 11.9 Å². The van der Waals surface area contributed by atoms with Crippen molar-refractivity contribution in [2.75, 3.05) is 20.1 Å². The van der Waals surface area contributed by atoms with Crippen LogP contribution in [0.15, 0.2) is 28.7 Å². The minimum absolute atomic E-state index is 0.0264. The highest BCUT2D eigenvalue weighted by atomic mass is 79.9. The Morgan fingerprint density at radius 2 is 2.30 bits per heavy atom. The first-order valence-corrected chi connectivity index (χ1v) is 8.55. The van der Waals surface area contributed by atoms with Gasteiger partial charge in [0, 0.05) is 23.6 Å². The van der Waals surface area contributed by atoms with E-state index in [2.05, 4.69) is 31.6 Å². The van der Waals surface area contributed by atoms with Gasteiger partial charge in [-0.25, -0.2) is 4.68 Å². The van der Waals surface area contributed by atoms with Crippen LogP contribution in [0.4, 0.5) is 0 Å². The van der Waals surface area contributed by atoms with Crippen LogP contribution in [0.2, 0.25) is 0 Å². The lowest BCUT2D eigenvalue weighted by Gasteiger charge is -2.23. The predicted octanol–water partition coefficient (Wildman–Crippen LogP) is 2.16. The quantitative estimate of drug-likeness (QED) is 0.886. The molecule has 1 atom stereocenters. The zero-order valence-electron chi connectivity index (χ0n) is 13.3. The second kappa shape index (κ2) is 6.80. The molecule has 0 saturated carbocycles. The van der Waals surface area contributed by atoms with Crippen molar-refractivity contribution in [3.8, 4) is 5.69 Å². The van der Waals surface area contributed by atoms with E-state index in [0.717, 1.165) is 41.8 Å². The van der Waals surface area contributed by atoms with Crippen molar-refractivity contribution in [2.24, 2.45) is 0 Å². The smallest absolute Gasteiger partial charge is 0.276 e. The molecule has 0 spiro atoms. The number of halogens is 1. The van der Waals surface area contributed by atoms with E-state index in [1.165, 1.54) is 0 Å². The van der Waals surface area contributed by atoms with E-state index in [1.807, 2.05) is 43.1 Å². The third-order valence-corrected chi connectivity index (χ3v) is 4.72. The molecular weight excluding hydrogens is 358 g/mol. The number of benzene rings is 1. The molecule has 3 rings (SSSR count). The number of nitrogens with zero attached hydrogens (tertiary/aromatic N) is 4. The Morgan fingerprint density at radius 1 is 1.48 bits per heavy atom. The summed E-state index contributed by atoms with van der Waals surface area (Å²) in [4.78, 5) is 14.8. The number of likely N-dealkylation sites (tertiary alicyclic amines) is 1. The largest absolute Gasteiger partial charge is 0.333 e. The van der Waals surface area contributed by atoms with Crippen molar-refractivity contribution < 1.29 is 4.79 Å². The first-order valence-electron chi connectivity index (χ1n) is 7.75. The molecule has 0 aliphatic carbocycles. The van der Waals surface area contributed by atoms with Gasteiger partial charge < -0.3 is 10.2 Å². The lowest BCUT2D eigenvalue weighted by molar-refractivity contribution is 0.0730. The van der Waals surface area contributed by atoms with Crippen LogP contribution in [-0.4, -0.2) is 52.0 Å². The number of rotatable bonds is 4. The Labute approximate surface area is 144 Å². The maximum absolute atomic E-state index is 12.8. The Kier molecular flexibility index (Phi) is 4.77. The number of hydrogen-bond donors (Lipinski definition) is 1. The van der Waals surface area contributed by atoms with Crippen LogP contribution in [0, 0.1) is 6.92 Å². The van der Waals surface area contributed by atoms with Gasteiger partial charge >= 0.3 is 0 Å². The summed E-state index contributed by atoms with van der Waals surface area (Å²) < 4.78 is 2.67. The van der Waals surface area contributed by atoms with Gasteiger partial charge in [0.05, 0.1) is 11.4 Å². The second-order valence-electron chi connectivity index (χ2n) is 5.77. The minimum Gasteiger partial charge on any atom is -0.333 e. The molecule has 0 radical (unpaired) electrons. The first kappa shape index (κ1) is 16.1. The molecule has 1 unspecified atom stereocenters. The Bertz CT molecular complexity index is 714. The molecule has 1 amide bonds. The second-order valence-corrected chi connectivity index (χ2v) is 6.68. The molecule has 1 aromatic heterocycles. The van der Waals surface area contributed by atoms with Crippen molar-refractivity contribution in [3.05, 3.63) is 40.1 Å². The Morgan fingerprint density at radius 3 is 3.04 bits per heavy atom. The van der Waals surface area contributed by atoms with E-state index in [0.29, 0.717) is 5.69 Å². The van der Waals surface area contributed by atoms with Crippen LogP contribution in [0.5, 0.6) is 0 Å². The summed E-state index contributed by atoms with van der Waals surface area (Å²) in [6, 6.07) is 8.03. The van der Waals surface area contributed by atoms with Gasteiger partial charge in [0.2, 0.25) is 0 Å². The van der Waals surface area contributed by atoms with Crippen LogP contribution < -0.4 is 5.32 Å². The number of carbonyl (C=O) groups excluding carboxylic acids is 1. The number of hydrogen-bond acceptors (Lipinski definition) is 4. The monoisotopic (exact) mass is 377 g/mol. The zero-order valence-corrected chi connectivity index (χ0v) is 14.9. The summed E-state index contributed by atoms with van der Waals surface area (Å²) >= 11 is 3.46. The summed E-state index contributed by atoms with van der Waals surface area (Å²) in [5.41, 5.74) is 2.09. The summed E-state index contributed by atoms with van der Waals surface area (Å²) in [5, 5.41) is 11.5. The standard InChI is InChI=1S/C16H20BrN5O/c1-11-15(16(23)21-8-4-7-14(21)10-18-2)19-20-22(11)13-6-3-5-12(17)9-13/h3,5-6,9,14,18H,4,7-8,10H2,1-2H3. The molecule has 7 heteroatoms. The van der Waals surface area contributed by atoms with Crippen LogP contribution >= 0.6 is 15.9 Å². The van der Waals surface area contributed by atoms with Crippen LogP contribution in [0.25, 0.3) is 5.69 Å². The van der Waals surface area contributed by atoms with Crippen molar-refractivity contribution in [1.29, 1.82) is 0 Å². The highest BCUT2D eigenvalue weighted by Gasteiger charge is 2.31. The molecule has 0 bridgehead atoms. The predicted molar refractivity (Wildman–Crippen MR) is 91.8 cm³/mol. The molecule has 1 N–H and O–H groups in total. The molecule has 2 heterocycles. The van der Waals surface area contributed by atoms with E-state index >= 15 is 0 Å². The molecule has 1 aromatic carbocycles. The van der Waals surface area contributed by atoms with Gasteiger partial charge in [0.25, 0.3) is 5.91 Å². The number of amides is 1. The van der Waals surface area contributed by atoms with Crippen LogP contribution in [-0.2, 0) is 0 Å². The normalized spacial score (nSPS) is 17.7. The summed E-state index contributed by atoms with van der Waals surface area (Å²) in [6.45, 7) is 3.48. The average Bonchev–Trinajstić information content (AvgIpc) is 3.14. The van der Waals surface area contributed by atoms with Gasteiger partial charge in [0.1, 0.15) is 0 Å². The molecular formula is C16H20BrN5O. The Balaban J connectivity index is 1.88. The van der Waals surface area contributed by atoms with Gasteiger partial charge in [0.15, 0.2) is 5.69 Å². The minimum atomic E-state index is -0.0264. The van der Waals surface area contributed by atoms with Crippen LogP contribution in [0.3, 0.4) is 0 Å². The van der Waals surface area contributed by atoms with Crippen LogP contribution in [0.1, 0.15) is 29.0 Å². The fourth-order valence-corrected chi connectivity index (χ4v) is 3.45. The summed E-state index contributed by atoms with van der Waals surface area (Å²) in [6.07, 6.45) is 2.07. The molecule has 1 aliphatic heterocycles. The lowest BCUT2D eigenvalue weighted by atomic mass is 10.2. The molecule has 1 aliphatic rings. The SMILES string of the molecule is CNCC1CCCN1C(=O)c1nnn(-c2cccc(Br)c2)c1C. The first-order chi connectivity index (χ1) is 11.1. The van der Waals surface area contributed by atoms with Crippen molar-refractivity contribution in [3.63, 3.8) is 0 Å².